The number of aryl methyl sites for hydroxylation is 1. The Kier molecular flexibility index (Phi) is 5.31. The number of nitrogens with zero attached hydrogens (tertiary/aromatic N) is 8. The number of rotatable bonds is 6. The van der Waals surface area contributed by atoms with Crippen molar-refractivity contribution >= 4 is 11.9 Å². The molecule has 0 unspecified atom stereocenters. The van der Waals surface area contributed by atoms with Gasteiger partial charge in [0.15, 0.2) is 0 Å². The Morgan fingerprint density at radius 2 is 1.61 bits per heavy atom. The molecule has 1 aliphatic heterocycles. The van der Waals surface area contributed by atoms with E-state index in [1.807, 2.05) is 12.4 Å². The first-order valence-corrected chi connectivity index (χ1v) is 10.9. The molecule has 0 atom stereocenters. The van der Waals surface area contributed by atoms with E-state index in [2.05, 4.69) is 41.6 Å². The summed E-state index contributed by atoms with van der Waals surface area (Å²) in [5.41, 5.74) is 1.68. The zero-order chi connectivity index (χ0) is 21.2. The average molecular weight is 419 g/mol. The lowest BCUT2D eigenvalue weighted by Crippen LogP contribution is -2.49. The smallest absolute Gasteiger partial charge is 0.257 e. The Morgan fingerprint density at radius 3 is 2.19 bits per heavy atom. The third-order valence-electron chi connectivity index (χ3n) is 6.04. The van der Waals surface area contributed by atoms with Crippen LogP contribution in [0.4, 0.5) is 5.95 Å². The highest BCUT2D eigenvalue weighted by molar-refractivity contribution is 5.94. The summed E-state index contributed by atoms with van der Waals surface area (Å²) in [7, 11) is 0. The highest BCUT2D eigenvalue weighted by Crippen LogP contribution is 2.33. The Bertz CT molecular complexity index is 1010. The van der Waals surface area contributed by atoms with Crippen LogP contribution in [-0.4, -0.2) is 65.5 Å². The van der Waals surface area contributed by atoms with Crippen molar-refractivity contribution < 1.29 is 4.79 Å². The molecular weight excluding hydrogens is 392 g/mol. The maximum absolute atomic E-state index is 13.3. The molecule has 0 aromatic carbocycles. The van der Waals surface area contributed by atoms with E-state index in [0.717, 1.165) is 56.7 Å². The Morgan fingerprint density at radius 1 is 0.968 bits per heavy atom. The minimum Gasteiger partial charge on any atom is -0.341 e. The molecule has 0 bridgehead atoms. The van der Waals surface area contributed by atoms with Crippen molar-refractivity contribution in [2.45, 2.75) is 51.1 Å². The fourth-order valence-electron chi connectivity index (χ4n) is 4.11. The van der Waals surface area contributed by atoms with Gasteiger partial charge in [-0.25, -0.2) is 24.9 Å². The van der Waals surface area contributed by atoms with Gasteiger partial charge >= 0.3 is 0 Å². The van der Waals surface area contributed by atoms with Crippen LogP contribution in [0.1, 0.15) is 48.5 Å². The van der Waals surface area contributed by atoms with E-state index < -0.39 is 0 Å². The van der Waals surface area contributed by atoms with Gasteiger partial charge in [0.2, 0.25) is 11.9 Å². The quantitative estimate of drug-likeness (QED) is 0.606. The van der Waals surface area contributed by atoms with Gasteiger partial charge in [-0.2, -0.15) is 0 Å². The van der Waals surface area contributed by atoms with Crippen molar-refractivity contribution in [2.75, 3.05) is 18.0 Å². The summed E-state index contributed by atoms with van der Waals surface area (Å²) in [4.78, 5) is 39.4. The van der Waals surface area contributed by atoms with E-state index in [0.29, 0.717) is 17.6 Å². The second-order valence-corrected chi connectivity index (χ2v) is 8.15. The highest BCUT2D eigenvalue weighted by Gasteiger charge is 2.39. The maximum atomic E-state index is 13.3. The van der Waals surface area contributed by atoms with E-state index in [9.17, 15) is 4.79 Å². The van der Waals surface area contributed by atoms with Crippen LogP contribution in [-0.2, 0) is 6.42 Å². The molecule has 5 rings (SSSR count). The predicted molar refractivity (Wildman–Crippen MR) is 115 cm³/mol. The number of anilines is 1. The second-order valence-electron chi connectivity index (χ2n) is 8.15. The largest absolute Gasteiger partial charge is 0.341 e. The number of aromatic nitrogens is 6. The lowest BCUT2D eigenvalue weighted by molar-refractivity contribution is 0.0629. The fourth-order valence-corrected chi connectivity index (χ4v) is 4.11. The van der Waals surface area contributed by atoms with Gasteiger partial charge in [0.05, 0.1) is 5.56 Å². The van der Waals surface area contributed by atoms with Crippen LogP contribution in [0.2, 0.25) is 0 Å². The average Bonchev–Trinajstić information content (AvgIpc) is 3.51. The molecule has 3 aromatic heterocycles. The SMILES string of the molecule is CCc1cnc(N2CCC(N(C(=O)c3cnc(-n4ccnc4)nc3)C3CC3)CC2)nc1. The first-order valence-electron chi connectivity index (χ1n) is 10.9. The van der Waals surface area contributed by atoms with E-state index in [1.54, 1.807) is 35.7 Å². The predicted octanol–water partition coefficient (Wildman–Crippen LogP) is 2.29. The maximum Gasteiger partial charge on any atom is 0.257 e. The van der Waals surface area contributed by atoms with Crippen molar-refractivity contribution in [1.29, 1.82) is 0 Å². The molecule has 160 valence electrons. The van der Waals surface area contributed by atoms with Gasteiger partial charge in [-0.3, -0.25) is 9.36 Å². The Labute approximate surface area is 181 Å². The molecular formula is C22H26N8O. The molecule has 4 heterocycles. The van der Waals surface area contributed by atoms with E-state index in [-0.39, 0.29) is 11.9 Å². The van der Waals surface area contributed by atoms with Crippen molar-refractivity contribution in [2.24, 2.45) is 0 Å². The summed E-state index contributed by atoms with van der Waals surface area (Å²) in [6.07, 6.45) is 17.1. The minimum atomic E-state index is 0.0293. The van der Waals surface area contributed by atoms with Crippen LogP contribution < -0.4 is 4.90 Å². The number of piperidine rings is 1. The molecule has 1 aliphatic carbocycles. The number of amides is 1. The molecule has 0 spiro atoms. The van der Waals surface area contributed by atoms with Crippen molar-refractivity contribution in [3.63, 3.8) is 0 Å². The zero-order valence-corrected chi connectivity index (χ0v) is 17.6. The summed E-state index contributed by atoms with van der Waals surface area (Å²) < 4.78 is 1.72. The van der Waals surface area contributed by atoms with Crippen LogP contribution in [0.3, 0.4) is 0 Å². The van der Waals surface area contributed by atoms with E-state index in [4.69, 9.17) is 0 Å². The highest BCUT2D eigenvalue weighted by atomic mass is 16.2. The Hall–Kier alpha value is -3.36. The topological polar surface area (TPSA) is 92.9 Å². The molecule has 1 amide bonds. The molecule has 0 N–H and O–H groups in total. The summed E-state index contributed by atoms with van der Waals surface area (Å²) in [5.74, 6) is 1.32. The van der Waals surface area contributed by atoms with Gasteiger partial charge in [-0.05, 0) is 37.7 Å². The standard InChI is InChI=1S/C22H26N8O/c1-2-16-11-24-21(25-12-16)28-8-5-19(6-9-28)30(18-3-4-18)20(31)17-13-26-22(27-14-17)29-10-7-23-15-29/h7,10-15,18-19H,2-6,8-9H2,1H3. The second kappa shape index (κ2) is 8.41. The van der Waals surface area contributed by atoms with Crippen LogP contribution in [0.25, 0.3) is 5.95 Å². The van der Waals surface area contributed by atoms with Gasteiger partial charge in [-0.1, -0.05) is 6.92 Å². The number of hydrogen-bond donors (Lipinski definition) is 0. The molecule has 2 fully saturated rings. The molecule has 9 nitrogen and oxygen atoms in total. The molecule has 3 aromatic rings. The first-order chi connectivity index (χ1) is 15.2. The Balaban J connectivity index is 1.26. The normalized spacial score (nSPS) is 17.0. The minimum absolute atomic E-state index is 0.0293. The molecule has 31 heavy (non-hydrogen) atoms. The molecule has 9 heteroatoms. The number of imidazole rings is 1. The summed E-state index contributed by atoms with van der Waals surface area (Å²) >= 11 is 0. The first kappa shape index (κ1) is 19.6. The van der Waals surface area contributed by atoms with Crippen LogP contribution >= 0.6 is 0 Å². The lowest BCUT2D eigenvalue weighted by atomic mass is 10.0. The van der Waals surface area contributed by atoms with Gasteiger partial charge < -0.3 is 9.80 Å². The van der Waals surface area contributed by atoms with Crippen molar-refractivity contribution in [3.05, 3.63) is 54.6 Å². The van der Waals surface area contributed by atoms with Crippen molar-refractivity contribution in [1.82, 2.24) is 34.4 Å². The lowest BCUT2D eigenvalue weighted by Gasteiger charge is -2.38. The fraction of sp³-hybridized carbons (Fsp3) is 0.455. The zero-order valence-electron chi connectivity index (χ0n) is 17.6. The van der Waals surface area contributed by atoms with Crippen molar-refractivity contribution in [3.8, 4) is 5.95 Å². The van der Waals surface area contributed by atoms with Gasteiger partial charge in [0.1, 0.15) is 6.33 Å². The molecule has 0 radical (unpaired) electrons. The summed E-state index contributed by atoms with van der Waals surface area (Å²) in [5, 5.41) is 0. The van der Waals surface area contributed by atoms with Gasteiger partial charge in [-0.15, -0.1) is 0 Å². The number of carbonyl (C=O) groups excluding carboxylic acids is 1. The van der Waals surface area contributed by atoms with Crippen LogP contribution in [0.15, 0.2) is 43.5 Å². The molecule has 1 saturated carbocycles. The van der Waals surface area contributed by atoms with Gasteiger partial charge in [0.25, 0.3) is 5.91 Å². The van der Waals surface area contributed by atoms with E-state index >= 15 is 0 Å². The van der Waals surface area contributed by atoms with Crippen LogP contribution in [0.5, 0.6) is 0 Å². The van der Waals surface area contributed by atoms with Crippen LogP contribution in [0, 0.1) is 0 Å². The summed E-state index contributed by atoms with van der Waals surface area (Å²) in [6.45, 7) is 3.80. The third kappa shape index (κ3) is 4.12. The summed E-state index contributed by atoms with van der Waals surface area (Å²) in [6, 6.07) is 0.553. The monoisotopic (exact) mass is 418 g/mol. The number of carbonyl (C=O) groups is 1. The van der Waals surface area contributed by atoms with E-state index in [1.165, 1.54) is 0 Å². The molecule has 1 saturated heterocycles. The number of hydrogen-bond acceptors (Lipinski definition) is 7. The van der Waals surface area contributed by atoms with Gasteiger partial charge in [0, 0.05) is 62.4 Å². The third-order valence-corrected chi connectivity index (χ3v) is 6.04. The molecule has 2 aliphatic rings.